The molecule has 0 fully saturated rings. The summed E-state index contributed by atoms with van der Waals surface area (Å²) in [5.74, 6) is 0.552. The fraction of sp³-hybridized carbons (Fsp3) is 0.846. The predicted molar refractivity (Wildman–Crippen MR) is 65.7 cm³/mol. The van der Waals surface area contributed by atoms with Gasteiger partial charge < -0.3 is 4.90 Å². The SMILES string of the molecule is CCC(C#N)(CC)C(=O)N(C)CCC(C)C. The molecule has 92 valence electrons. The van der Waals surface area contributed by atoms with Gasteiger partial charge in [-0.2, -0.15) is 5.26 Å². The van der Waals surface area contributed by atoms with Crippen LogP contribution in [0.1, 0.15) is 47.0 Å². The summed E-state index contributed by atoms with van der Waals surface area (Å²) in [6, 6.07) is 2.19. The summed E-state index contributed by atoms with van der Waals surface area (Å²) >= 11 is 0. The second-order valence-electron chi connectivity index (χ2n) is 4.81. The molecule has 0 rings (SSSR count). The van der Waals surface area contributed by atoms with Crippen molar-refractivity contribution in [2.45, 2.75) is 47.0 Å². The van der Waals surface area contributed by atoms with E-state index in [-0.39, 0.29) is 5.91 Å². The number of carbonyl (C=O) groups is 1. The maximum atomic E-state index is 12.2. The highest BCUT2D eigenvalue weighted by Gasteiger charge is 2.36. The molecule has 0 saturated heterocycles. The van der Waals surface area contributed by atoms with Crippen molar-refractivity contribution >= 4 is 5.91 Å². The second kappa shape index (κ2) is 6.52. The maximum Gasteiger partial charge on any atom is 0.242 e. The zero-order valence-electron chi connectivity index (χ0n) is 11.2. The minimum absolute atomic E-state index is 0.0272. The van der Waals surface area contributed by atoms with Gasteiger partial charge in [0.15, 0.2) is 0 Å². The molecular weight excluding hydrogens is 200 g/mol. The first-order valence-corrected chi connectivity index (χ1v) is 6.10. The molecule has 0 aromatic heterocycles. The van der Waals surface area contributed by atoms with Crippen molar-refractivity contribution in [1.82, 2.24) is 4.90 Å². The number of nitriles is 1. The molecule has 3 nitrogen and oxygen atoms in total. The monoisotopic (exact) mass is 224 g/mol. The van der Waals surface area contributed by atoms with Gasteiger partial charge in [0.25, 0.3) is 0 Å². The van der Waals surface area contributed by atoms with Crippen LogP contribution in [0.2, 0.25) is 0 Å². The van der Waals surface area contributed by atoms with Crippen LogP contribution in [-0.4, -0.2) is 24.4 Å². The first-order chi connectivity index (χ1) is 7.43. The van der Waals surface area contributed by atoms with Crippen molar-refractivity contribution in [3.63, 3.8) is 0 Å². The van der Waals surface area contributed by atoms with Crippen LogP contribution in [0, 0.1) is 22.7 Å². The van der Waals surface area contributed by atoms with Crippen LogP contribution in [0.5, 0.6) is 0 Å². The van der Waals surface area contributed by atoms with Gasteiger partial charge in [0.05, 0.1) is 6.07 Å². The second-order valence-corrected chi connectivity index (χ2v) is 4.81. The van der Waals surface area contributed by atoms with Gasteiger partial charge in [0.2, 0.25) is 5.91 Å². The lowest BCUT2D eigenvalue weighted by atomic mass is 9.82. The Balaban J connectivity index is 4.58. The van der Waals surface area contributed by atoms with Crippen molar-refractivity contribution in [3.8, 4) is 6.07 Å². The standard InChI is InChI=1S/C13H24N2O/c1-6-13(7-2,10-14)12(16)15(5)9-8-11(3)4/h11H,6-9H2,1-5H3. The third-order valence-corrected chi connectivity index (χ3v) is 3.22. The highest BCUT2D eigenvalue weighted by atomic mass is 16.2. The minimum Gasteiger partial charge on any atom is -0.344 e. The fourth-order valence-corrected chi connectivity index (χ4v) is 1.68. The summed E-state index contributed by atoms with van der Waals surface area (Å²) < 4.78 is 0. The van der Waals surface area contributed by atoms with E-state index in [1.807, 2.05) is 13.8 Å². The Morgan fingerprint density at radius 2 is 1.88 bits per heavy atom. The zero-order valence-corrected chi connectivity index (χ0v) is 11.2. The van der Waals surface area contributed by atoms with Gasteiger partial charge in [-0.15, -0.1) is 0 Å². The highest BCUT2D eigenvalue weighted by Crippen LogP contribution is 2.27. The van der Waals surface area contributed by atoms with Crippen molar-refractivity contribution in [2.24, 2.45) is 11.3 Å². The topological polar surface area (TPSA) is 44.1 Å². The number of nitrogens with zero attached hydrogens (tertiary/aromatic N) is 2. The third-order valence-electron chi connectivity index (χ3n) is 3.22. The smallest absolute Gasteiger partial charge is 0.242 e. The molecule has 0 atom stereocenters. The molecule has 0 spiro atoms. The van der Waals surface area contributed by atoms with Crippen molar-refractivity contribution in [3.05, 3.63) is 0 Å². The molecule has 0 N–H and O–H groups in total. The van der Waals surface area contributed by atoms with Gasteiger partial charge in [-0.05, 0) is 25.2 Å². The van der Waals surface area contributed by atoms with Gasteiger partial charge in [0.1, 0.15) is 5.41 Å². The summed E-state index contributed by atoms with van der Waals surface area (Å²) in [6.45, 7) is 8.81. The first-order valence-electron chi connectivity index (χ1n) is 6.10. The van der Waals surface area contributed by atoms with Crippen molar-refractivity contribution in [1.29, 1.82) is 5.26 Å². The number of rotatable bonds is 6. The van der Waals surface area contributed by atoms with Crippen LogP contribution in [-0.2, 0) is 4.79 Å². The fourth-order valence-electron chi connectivity index (χ4n) is 1.68. The van der Waals surface area contributed by atoms with E-state index >= 15 is 0 Å². The van der Waals surface area contributed by atoms with E-state index in [2.05, 4.69) is 19.9 Å². The molecule has 0 radical (unpaired) electrons. The molecule has 0 bridgehead atoms. The maximum absolute atomic E-state index is 12.2. The van der Waals surface area contributed by atoms with E-state index in [1.54, 1.807) is 11.9 Å². The molecule has 0 aliphatic rings. The molecule has 0 unspecified atom stereocenters. The lowest BCUT2D eigenvalue weighted by Gasteiger charge is -2.28. The zero-order chi connectivity index (χ0) is 12.8. The van der Waals surface area contributed by atoms with E-state index in [9.17, 15) is 10.1 Å². The van der Waals surface area contributed by atoms with Crippen LogP contribution in [0.4, 0.5) is 0 Å². The van der Waals surface area contributed by atoms with Gasteiger partial charge in [0, 0.05) is 13.6 Å². The molecule has 0 aliphatic heterocycles. The van der Waals surface area contributed by atoms with E-state index in [0.29, 0.717) is 18.8 Å². The largest absolute Gasteiger partial charge is 0.344 e. The van der Waals surface area contributed by atoms with Gasteiger partial charge in [-0.25, -0.2) is 0 Å². The highest BCUT2D eigenvalue weighted by molar-refractivity contribution is 5.85. The van der Waals surface area contributed by atoms with Crippen LogP contribution in [0.25, 0.3) is 0 Å². The minimum atomic E-state index is -0.814. The molecule has 0 aromatic rings. The van der Waals surface area contributed by atoms with E-state index in [4.69, 9.17) is 0 Å². The number of hydrogen-bond donors (Lipinski definition) is 0. The molecule has 0 aliphatic carbocycles. The summed E-state index contributed by atoms with van der Waals surface area (Å²) in [7, 11) is 1.79. The normalized spacial score (nSPS) is 11.3. The van der Waals surface area contributed by atoms with Gasteiger partial charge in [-0.3, -0.25) is 4.79 Å². The van der Waals surface area contributed by atoms with Crippen LogP contribution in [0.15, 0.2) is 0 Å². The molecule has 16 heavy (non-hydrogen) atoms. The average molecular weight is 224 g/mol. The summed E-state index contributed by atoms with van der Waals surface area (Å²) in [5.41, 5.74) is -0.814. The molecule has 0 heterocycles. The molecule has 0 aromatic carbocycles. The Kier molecular flexibility index (Phi) is 6.10. The number of carbonyl (C=O) groups excluding carboxylic acids is 1. The summed E-state index contributed by atoms with van der Waals surface area (Å²) in [4.78, 5) is 13.9. The predicted octanol–water partition coefficient (Wildman–Crippen LogP) is 2.82. The van der Waals surface area contributed by atoms with Gasteiger partial charge >= 0.3 is 0 Å². The molecule has 0 saturated carbocycles. The average Bonchev–Trinajstić information content (AvgIpc) is 2.28. The third kappa shape index (κ3) is 3.52. The molecular formula is C13H24N2O. The first kappa shape index (κ1) is 15.0. The Labute approximate surface area is 99.4 Å². The van der Waals surface area contributed by atoms with Crippen LogP contribution >= 0.6 is 0 Å². The lowest BCUT2D eigenvalue weighted by Crippen LogP contribution is -2.41. The Morgan fingerprint density at radius 3 is 2.19 bits per heavy atom. The van der Waals surface area contributed by atoms with Crippen LogP contribution in [0.3, 0.4) is 0 Å². The molecule has 1 amide bonds. The summed E-state index contributed by atoms with van der Waals surface area (Å²) in [5, 5.41) is 9.18. The lowest BCUT2D eigenvalue weighted by molar-refractivity contribution is -0.138. The molecule has 3 heteroatoms. The van der Waals surface area contributed by atoms with Crippen LogP contribution < -0.4 is 0 Å². The van der Waals surface area contributed by atoms with Crippen molar-refractivity contribution < 1.29 is 4.79 Å². The Hall–Kier alpha value is -1.04. The van der Waals surface area contributed by atoms with E-state index < -0.39 is 5.41 Å². The van der Waals surface area contributed by atoms with E-state index in [0.717, 1.165) is 13.0 Å². The van der Waals surface area contributed by atoms with Gasteiger partial charge in [-0.1, -0.05) is 27.7 Å². The Bertz CT molecular complexity index is 262. The van der Waals surface area contributed by atoms with Crippen molar-refractivity contribution in [2.75, 3.05) is 13.6 Å². The Morgan fingerprint density at radius 1 is 1.38 bits per heavy atom. The number of amides is 1. The van der Waals surface area contributed by atoms with E-state index in [1.165, 1.54) is 0 Å². The number of hydrogen-bond acceptors (Lipinski definition) is 2. The quantitative estimate of drug-likeness (QED) is 0.696. The summed E-state index contributed by atoms with van der Waals surface area (Å²) in [6.07, 6.45) is 2.16.